The highest BCUT2D eigenvalue weighted by Gasteiger charge is 2.30. The Bertz CT molecular complexity index is 1380. The molecule has 2 atom stereocenters. The molecule has 11 nitrogen and oxygen atoms in total. The predicted molar refractivity (Wildman–Crippen MR) is 152 cm³/mol. The van der Waals surface area contributed by atoms with Crippen molar-refractivity contribution in [1.82, 2.24) is 19.7 Å². The average molecular weight is 570 g/mol. The van der Waals surface area contributed by atoms with Gasteiger partial charge in [0.25, 0.3) is 0 Å². The summed E-state index contributed by atoms with van der Waals surface area (Å²) in [4.78, 5) is 19.3. The zero-order chi connectivity index (χ0) is 28.4. The van der Waals surface area contributed by atoms with Gasteiger partial charge in [-0.25, -0.2) is 4.98 Å². The minimum atomic E-state index is -3.31. The Hall–Kier alpha value is -3.50. The van der Waals surface area contributed by atoms with E-state index in [2.05, 4.69) is 15.0 Å². The monoisotopic (exact) mass is 569 g/mol. The summed E-state index contributed by atoms with van der Waals surface area (Å²) in [5.74, 6) is 0.263. The number of nitrogens with two attached hydrogens (primary N) is 1. The molecule has 0 aliphatic heterocycles. The van der Waals surface area contributed by atoms with E-state index in [1.807, 2.05) is 67.6 Å². The van der Waals surface area contributed by atoms with Crippen molar-refractivity contribution in [3.63, 3.8) is 0 Å². The van der Waals surface area contributed by atoms with E-state index in [1.165, 1.54) is 11.1 Å². The number of hydrogen-bond acceptors (Lipinski definition) is 10. The van der Waals surface area contributed by atoms with Gasteiger partial charge in [-0.15, -0.1) is 0 Å². The van der Waals surface area contributed by atoms with Crippen molar-refractivity contribution < 1.29 is 27.9 Å². The van der Waals surface area contributed by atoms with E-state index in [4.69, 9.17) is 29.1 Å². The Morgan fingerprint density at radius 1 is 0.925 bits per heavy atom. The van der Waals surface area contributed by atoms with Gasteiger partial charge in [0.1, 0.15) is 12.9 Å². The average Bonchev–Trinajstić information content (AvgIpc) is 3.36. The quantitative estimate of drug-likeness (QED) is 0.183. The third kappa shape index (κ3) is 8.02. The van der Waals surface area contributed by atoms with Crippen LogP contribution in [-0.4, -0.2) is 51.3 Å². The molecule has 0 aliphatic carbocycles. The molecule has 2 aromatic carbocycles. The molecular formula is C28H36N5O6P. The molecule has 0 saturated carbocycles. The molecule has 0 bridgehead atoms. The van der Waals surface area contributed by atoms with Crippen molar-refractivity contribution in [1.29, 1.82) is 0 Å². The van der Waals surface area contributed by atoms with Crippen LogP contribution in [-0.2, 0) is 31.6 Å². The Labute approximate surface area is 234 Å². The van der Waals surface area contributed by atoms with Gasteiger partial charge in [-0.2, -0.15) is 14.7 Å². The van der Waals surface area contributed by atoms with Crippen molar-refractivity contribution in [2.75, 3.05) is 25.1 Å². The number of nitrogen functional groups attached to an aromatic ring is 1. The van der Waals surface area contributed by atoms with Gasteiger partial charge in [0.2, 0.25) is 17.5 Å². The highest BCUT2D eigenvalue weighted by Crippen LogP contribution is 2.49. The topological polar surface area (TPSA) is 133 Å². The van der Waals surface area contributed by atoms with Gasteiger partial charge in [-0.1, -0.05) is 60.7 Å². The number of rotatable bonds is 16. The van der Waals surface area contributed by atoms with Gasteiger partial charge in [0.05, 0.1) is 32.1 Å². The van der Waals surface area contributed by atoms with Crippen LogP contribution in [0.1, 0.15) is 38.3 Å². The first-order valence-corrected chi connectivity index (χ1v) is 15.0. The van der Waals surface area contributed by atoms with E-state index < -0.39 is 19.8 Å². The maximum Gasteiger partial charge on any atom is 0.330 e. The molecule has 214 valence electrons. The van der Waals surface area contributed by atoms with Gasteiger partial charge in [0.15, 0.2) is 11.6 Å². The van der Waals surface area contributed by atoms with Crippen molar-refractivity contribution in [2.45, 2.75) is 52.6 Å². The number of fused-ring (bicyclic) bond motifs is 1. The van der Waals surface area contributed by atoms with Crippen LogP contribution in [0, 0.1) is 0 Å². The molecule has 4 aromatic rings. The standard InChI is InChI=1S/C28H36N5O6P/c1-4-37-40(34,38-5-2)17-16-24(21(3)35-18-22-12-8-6-9-13-22)39-33-20-30-25-26(33)31-28(29)32-27(25)36-19-23-14-10-7-11-15-23/h6-15,20-21,24H,4-5,16-19H2,1-3H3,(H2,29,31,32)/t21-,24+/m0/s1. The lowest BCUT2D eigenvalue weighted by molar-refractivity contribution is -0.0742. The molecule has 0 spiro atoms. The number of hydrogen-bond donors (Lipinski definition) is 1. The highest BCUT2D eigenvalue weighted by molar-refractivity contribution is 7.53. The van der Waals surface area contributed by atoms with Gasteiger partial charge in [0, 0.05) is 6.42 Å². The number of benzene rings is 2. The van der Waals surface area contributed by atoms with Crippen LogP contribution in [0.25, 0.3) is 11.2 Å². The number of ether oxygens (including phenoxy) is 2. The molecule has 0 fully saturated rings. The van der Waals surface area contributed by atoms with Crippen LogP contribution in [0.5, 0.6) is 5.88 Å². The Balaban J connectivity index is 1.55. The third-order valence-electron chi connectivity index (χ3n) is 6.04. The van der Waals surface area contributed by atoms with Crippen molar-refractivity contribution >= 4 is 24.7 Å². The maximum atomic E-state index is 13.2. The number of imidazole rings is 1. The molecule has 2 aromatic heterocycles. The van der Waals surface area contributed by atoms with Crippen LogP contribution in [0.3, 0.4) is 0 Å². The zero-order valence-corrected chi connectivity index (χ0v) is 23.9. The van der Waals surface area contributed by atoms with Gasteiger partial charge in [-0.3, -0.25) is 4.57 Å². The first-order valence-electron chi connectivity index (χ1n) is 13.3. The Morgan fingerprint density at radius 2 is 1.55 bits per heavy atom. The van der Waals surface area contributed by atoms with E-state index in [1.54, 1.807) is 13.8 Å². The van der Waals surface area contributed by atoms with E-state index in [9.17, 15) is 4.57 Å². The molecule has 2 heterocycles. The lowest BCUT2D eigenvalue weighted by Gasteiger charge is -2.26. The number of nitrogens with zero attached hydrogens (tertiary/aromatic N) is 4. The summed E-state index contributed by atoms with van der Waals surface area (Å²) >= 11 is 0. The van der Waals surface area contributed by atoms with Crippen molar-refractivity contribution in [2.24, 2.45) is 0 Å². The van der Waals surface area contributed by atoms with Crippen LogP contribution >= 0.6 is 7.60 Å². The van der Waals surface area contributed by atoms with Crippen molar-refractivity contribution in [3.8, 4) is 5.88 Å². The molecule has 12 heteroatoms. The first kappa shape index (κ1) is 29.5. The SMILES string of the molecule is CCOP(=O)(CC[C@@H](On1cnc2c(OCc3ccccc3)nc(N)nc21)[C@H](C)OCc1ccccc1)OCC. The molecule has 40 heavy (non-hydrogen) atoms. The van der Waals surface area contributed by atoms with E-state index in [-0.39, 0.29) is 37.8 Å². The molecule has 2 N–H and O–H groups in total. The summed E-state index contributed by atoms with van der Waals surface area (Å²) in [5.41, 5.74) is 8.75. The summed E-state index contributed by atoms with van der Waals surface area (Å²) in [5, 5.41) is 0. The number of anilines is 1. The molecule has 0 amide bonds. The second-order valence-corrected chi connectivity index (χ2v) is 11.2. The fourth-order valence-corrected chi connectivity index (χ4v) is 5.74. The summed E-state index contributed by atoms with van der Waals surface area (Å²) in [6.07, 6.45) is 0.997. The largest absolute Gasteiger partial charge is 0.471 e. The Kier molecular flexibility index (Phi) is 10.5. The summed E-state index contributed by atoms with van der Waals surface area (Å²) < 4.78 is 37.7. The fourth-order valence-electron chi connectivity index (χ4n) is 4.05. The fraction of sp³-hybridized carbons (Fsp3) is 0.393. The zero-order valence-electron chi connectivity index (χ0n) is 23.0. The molecule has 0 radical (unpaired) electrons. The van der Waals surface area contributed by atoms with Gasteiger partial charge in [-0.05, 0) is 31.9 Å². The number of aromatic nitrogens is 4. The minimum Gasteiger partial charge on any atom is -0.471 e. The van der Waals surface area contributed by atoms with Crippen LogP contribution in [0.2, 0.25) is 0 Å². The summed E-state index contributed by atoms with van der Waals surface area (Å²) in [7, 11) is -3.31. The molecular weight excluding hydrogens is 533 g/mol. The lowest BCUT2D eigenvalue weighted by Crippen LogP contribution is -2.37. The summed E-state index contributed by atoms with van der Waals surface area (Å²) in [6.45, 7) is 6.69. The van der Waals surface area contributed by atoms with Crippen LogP contribution in [0.15, 0.2) is 67.0 Å². The lowest BCUT2D eigenvalue weighted by atomic mass is 10.2. The second kappa shape index (κ2) is 14.2. The molecule has 0 saturated heterocycles. The van der Waals surface area contributed by atoms with Gasteiger partial charge < -0.3 is 29.1 Å². The Morgan fingerprint density at radius 3 is 2.17 bits per heavy atom. The van der Waals surface area contributed by atoms with E-state index >= 15 is 0 Å². The highest BCUT2D eigenvalue weighted by atomic mass is 31.2. The molecule has 0 unspecified atom stereocenters. The predicted octanol–water partition coefficient (Wildman–Crippen LogP) is 5.05. The smallest absolute Gasteiger partial charge is 0.330 e. The van der Waals surface area contributed by atoms with Crippen LogP contribution < -0.4 is 15.3 Å². The van der Waals surface area contributed by atoms with Crippen molar-refractivity contribution in [3.05, 3.63) is 78.1 Å². The third-order valence-corrected chi connectivity index (χ3v) is 8.15. The molecule has 4 rings (SSSR count). The first-order chi connectivity index (χ1) is 19.4. The van der Waals surface area contributed by atoms with E-state index in [0.717, 1.165) is 11.1 Å². The van der Waals surface area contributed by atoms with Crippen LogP contribution in [0.4, 0.5) is 5.95 Å². The maximum absolute atomic E-state index is 13.2. The van der Waals surface area contributed by atoms with Gasteiger partial charge >= 0.3 is 7.60 Å². The summed E-state index contributed by atoms with van der Waals surface area (Å²) in [6, 6.07) is 19.5. The molecule has 0 aliphatic rings. The van der Waals surface area contributed by atoms with E-state index in [0.29, 0.717) is 24.2 Å². The second-order valence-electron chi connectivity index (χ2n) is 9.01. The normalized spacial score (nSPS) is 13.3. The minimum absolute atomic E-state index is 0.0167.